The Morgan fingerprint density at radius 3 is 1.89 bits per heavy atom. The molecule has 2 aromatic carbocycles. The van der Waals surface area contributed by atoms with Gasteiger partial charge in [-0.1, -0.05) is 32.0 Å². The Hall–Kier alpha value is -2.69. The van der Waals surface area contributed by atoms with Crippen LogP contribution in [0, 0.1) is 0 Å². The number of para-hydroxylation sites is 1. The Balaban J connectivity index is 1.75. The number of nitrogens with zero attached hydrogens (tertiary/aromatic N) is 2. The molecule has 2 aromatic rings. The molecule has 0 unspecified atom stereocenters. The van der Waals surface area contributed by atoms with Crippen molar-refractivity contribution in [1.29, 1.82) is 0 Å². The fourth-order valence-corrected chi connectivity index (χ4v) is 3.87. The van der Waals surface area contributed by atoms with Gasteiger partial charge in [-0.25, -0.2) is 0 Å². The minimum absolute atomic E-state index is 0.0244. The maximum Gasteiger partial charge on any atom is 0.254 e. The van der Waals surface area contributed by atoms with Gasteiger partial charge in [-0.2, -0.15) is 0 Å². The van der Waals surface area contributed by atoms with Crippen LogP contribution in [-0.2, 0) is 12.8 Å². The summed E-state index contributed by atoms with van der Waals surface area (Å²) >= 11 is 0. The molecule has 0 atom stereocenters. The molecule has 28 heavy (non-hydrogen) atoms. The van der Waals surface area contributed by atoms with E-state index in [2.05, 4.69) is 36.9 Å². The Bertz CT molecular complexity index is 782. The Kier molecular flexibility index (Phi) is 6.45. The monoisotopic (exact) mass is 382 g/mol. The molecule has 1 amide bonds. The van der Waals surface area contributed by atoms with Crippen molar-refractivity contribution in [1.82, 2.24) is 4.90 Å². The van der Waals surface area contributed by atoms with E-state index in [-0.39, 0.29) is 5.91 Å². The van der Waals surface area contributed by atoms with Gasteiger partial charge in [0.2, 0.25) is 0 Å². The highest BCUT2D eigenvalue weighted by Gasteiger charge is 2.25. The van der Waals surface area contributed by atoms with Crippen molar-refractivity contribution in [2.75, 3.05) is 45.3 Å². The highest BCUT2D eigenvalue weighted by molar-refractivity contribution is 5.95. The van der Waals surface area contributed by atoms with E-state index in [0.717, 1.165) is 25.9 Å². The van der Waals surface area contributed by atoms with Crippen LogP contribution >= 0.6 is 0 Å². The number of methoxy groups -OCH3 is 2. The van der Waals surface area contributed by atoms with E-state index in [1.165, 1.54) is 16.8 Å². The Morgan fingerprint density at radius 2 is 1.43 bits per heavy atom. The first-order valence-electron chi connectivity index (χ1n) is 9.99. The van der Waals surface area contributed by atoms with Gasteiger partial charge in [0.1, 0.15) is 11.5 Å². The van der Waals surface area contributed by atoms with E-state index >= 15 is 0 Å². The molecule has 0 spiro atoms. The van der Waals surface area contributed by atoms with Gasteiger partial charge in [0.15, 0.2) is 0 Å². The summed E-state index contributed by atoms with van der Waals surface area (Å²) in [6.07, 6.45) is 2.04. The zero-order chi connectivity index (χ0) is 20.1. The SMILES string of the molecule is CCc1cccc(CC)c1N1CCN(C(=O)c2cc(OC)cc(OC)c2)CC1. The van der Waals surface area contributed by atoms with Crippen LogP contribution in [0.25, 0.3) is 0 Å². The lowest BCUT2D eigenvalue weighted by Gasteiger charge is -2.38. The van der Waals surface area contributed by atoms with E-state index < -0.39 is 0 Å². The summed E-state index contributed by atoms with van der Waals surface area (Å²) in [6.45, 7) is 7.51. The summed E-state index contributed by atoms with van der Waals surface area (Å²) in [5.74, 6) is 1.29. The first-order chi connectivity index (χ1) is 13.6. The lowest BCUT2D eigenvalue weighted by atomic mass is 10.0. The van der Waals surface area contributed by atoms with Gasteiger partial charge in [-0.05, 0) is 36.1 Å². The predicted molar refractivity (Wildman–Crippen MR) is 113 cm³/mol. The molecule has 0 radical (unpaired) electrons. The Morgan fingerprint density at radius 1 is 0.893 bits per heavy atom. The fraction of sp³-hybridized carbons (Fsp3) is 0.435. The molecule has 1 fully saturated rings. The average Bonchev–Trinajstić information content (AvgIpc) is 2.77. The van der Waals surface area contributed by atoms with E-state index in [0.29, 0.717) is 30.2 Å². The quantitative estimate of drug-likeness (QED) is 0.762. The molecular weight excluding hydrogens is 352 g/mol. The minimum atomic E-state index is 0.0244. The molecule has 5 heteroatoms. The molecule has 5 nitrogen and oxygen atoms in total. The third-order valence-electron chi connectivity index (χ3n) is 5.45. The number of carbonyl (C=O) groups is 1. The van der Waals surface area contributed by atoms with Crippen molar-refractivity contribution < 1.29 is 14.3 Å². The zero-order valence-corrected chi connectivity index (χ0v) is 17.3. The molecule has 3 rings (SSSR count). The molecule has 0 saturated carbocycles. The first kappa shape index (κ1) is 20.1. The molecule has 0 aliphatic carbocycles. The number of aryl methyl sites for hydroxylation is 2. The lowest BCUT2D eigenvalue weighted by molar-refractivity contribution is 0.0746. The number of hydrogen-bond acceptors (Lipinski definition) is 4. The normalized spacial score (nSPS) is 14.1. The highest BCUT2D eigenvalue weighted by Crippen LogP contribution is 2.29. The van der Waals surface area contributed by atoms with Crippen molar-refractivity contribution in [3.05, 3.63) is 53.1 Å². The van der Waals surface area contributed by atoms with Gasteiger partial charge in [0.05, 0.1) is 14.2 Å². The number of piperazine rings is 1. The second kappa shape index (κ2) is 9.00. The van der Waals surface area contributed by atoms with Crippen molar-refractivity contribution in [3.8, 4) is 11.5 Å². The minimum Gasteiger partial charge on any atom is -0.497 e. The largest absolute Gasteiger partial charge is 0.497 e. The van der Waals surface area contributed by atoms with Crippen LogP contribution < -0.4 is 14.4 Å². The first-order valence-corrected chi connectivity index (χ1v) is 9.99. The van der Waals surface area contributed by atoms with Crippen LogP contribution in [0.3, 0.4) is 0 Å². The number of rotatable bonds is 6. The molecule has 1 aliphatic rings. The number of carbonyl (C=O) groups excluding carboxylic acids is 1. The summed E-state index contributed by atoms with van der Waals surface area (Å²) in [5.41, 5.74) is 4.74. The highest BCUT2D eigenvalue weighted by atomic mass is 16.5. The van der Waals surface area contributed by atoms with Gasteiger partial charge < -0.3 is 19.3 Å². The summed E-state index contributed by atoms with van der Waals surface area (Å²) in [6, 6.07) is 11.9. The van der Waals surface area contributed by atoms with Crippen LogP contribution in [0.4, 0.5) is 5.69 Å². The summed E-state index contributed by atoms with van der Waals surface area (Å²) in [5, 5.41) is 0. The average molecular weight is 383 g/mol. The van der Waals surface area contributed by atoms with E-state index in [1.807, 2.05) is 4.90 Å². The molecule has 150 valence electrons. The number of amides is 1. The number of anilines is 1. The summed E-state index contributed by atoms with van der Waals surface area (Å²) in [7, 11) is 3.19. The topological polar surface area (TPSA) is 42.0 Å². The standard InChI is InChI=1S/C23H30N2O3/c1-5-17-8-7-9-18(6-2)22(17)24-10-12-25(13-11-24)23(26)19-14-20(27-3)16-21(15-19)28-4/h7-9,14-16H,5-6,10-13H2,1-4H3. The van der Waals surface area contributed by atoms with Crippen LogP contribution in [0.1, 0.15) is 35.3 Å². The van der Waals surface area contributed by atoms with Crippen LogP contribution in [0.5, 0.6) is 11.5 Å². The number of benzene rings is 2. The van der Waals surface area contributed by atoms with Gasteiger partial charge in [0, 0.05) is 43.5 Å². The molecule has 1 heterocycles. The van der Waals surface area contributed by atoms with Gasteiger partial charge in [-0.15, -0.1) is 0 Å². The van der Waals surface area contributed by atoms with E-state index in [1.54, 1.807) is 32.4 Å². The molecule has 0 N–H and O–H groups in total. The van der Waals surface area contributed by atoms with Crippen LogP contribution in [0.15, 0.2) is 36.4 Å². The summed E-state index contributed by atoms with van der Waals surface area (Å²) < 4.78 is 10.6. The molecule has 0 aromatic heterocycles. The molecule has 1 aliphatic heterocycles. The van der Waals surface area contributed by atoms with Crippen molar-refractivity contribution in [2.24, 2.45) is 0 Å². The summed E-state index contributed by atoms with van der Waals surface area (Å²) in [4.78, 5) is 17.4. The van der Waals surface area contributed by atoms with Gasteiger partial charge >= 0.3 is 0 Å². The third-order valence-corrected chi connectivity index (χ3v) is 5.45. The Labute approximate surface area is 167 Å². The van der Waals surface area contributed by atoms with Gasteiger partial charge in [0.25, 0.3) is 5.91 Å². The van der Waals surface area contributed by atoms with E-state index in [4.69, 9.17) is 9.47 Å². The molecular formula is C23H30N2O3. The fourth-order valence-electron chi connectivity index (χ4n) is 3.87. The maximum atomic E-state index is 13.0. The number of hydrogen-bond donors (Lipinski definition) is 0. The molecule has 1 saturated heterocycles. The molecule has 0 bridgehead atoms. The van der Waals surface area contributed by atoms with E-state index in [9.17, 15) is 4.79 Å². The third kappa shape index (κ3) is 4.08. The van der Waals surface area contributed by atoms with Crippen molar-refractivity contribution in [2.45, 2.75) is 26.7 Å². The van der Waals surface area contributed by atoms with Crippen molar-refractivity contribution in [3.63, 3.8) is 0 Å². The van der Waals surface area contributed by atoms with Gasteiger partial charge in [-0.3, -0.25) is 4.79 Å². The van der Waals surface area contributed by atoms with Crippen molar-refractivity contribution >= 4 is 11.6 Å². The maximum absolute atomic E-state index is 13.0. The lowest BCUT2D eigenvalue weighted by Crippen LogP contribution is -2.49. The smallest absolute Gasteiger partial charge is 0.254 e. The number of ether oxygens (including phenoxy) is 2. The zero-order valence-electron chi connectivity index (χ0n) is 17.3. The second-order valence-corrected chi connectivity index (χ2v) is 7.01. The second-order valence-electron chi connectivity index (χ2n) is 7.01. The van der Waals surface area contributed by atoms with Crippen LogP contribution in [-0.4, -0.2) is 51.2 Å². The predicted octanol–water partition coefficient (Wildman–Crippen LogP) is 3.79. The van der Waals surface area contributed by atoms with Crippen LogP contribution in [0.2, 0.25) is 0 Å².